The molecule has 0 heterocycles. The van der Waals surface area contributed by atoms with Gasteiger partial charge in [-0.3, -0.25) is 5.43 Å². The molecule has 3 rings (SSSR count). The van der Waals surface area contributed by atoms with Crippen molar-refractivity contribution in [2.75, 3.05) is 12.5 Å². The van der Waals surface area contributed by atoms with Crippen molar-refractivity contribution < 1.29 is 17.3 Å². The molecule has 6 nitrogen and oxygen atoms in total. The molecule has 0 aromatic heterocycles. The first kappa shape index (κ1) is 22.0. The maximum atomic E-state index is 12.5. The van der Waals surface area contributed by atoms with Gasteiger partial charge in [0.05, 0.1) is 29.1 Å². The number of ether oxygens (including phenoxy) is 1. The predicted molar refractivity (Wildman–Crippen MR) is 120 cm³/mol. The third kappa shape index (κ3) is 5.44. The lowest BCUT2D eigenvalue weighted by molar-refractivity contribution is 0.390. The van der Waals surface area contributed by atoms with Gasteiger partial charge < -0.3 is 8.92 Å². The second kappa shape index (κ2) is 9.38. The fraction of sp³-hybridized carbons (Fsp3) is 0.0952. The number of benzene rings is 3. The first-order valence-electron chi connectivity index (χ1n) is 8.72. The molecule has 1 N–H and O–H groups in total. The van der Waals surface area contributed by atoms with Crippen molar-refractivity contribution in [1.29, 1.82) is 0 Å². The molecule has 0 aliphatic rings. The van der Waals surface area contributed by atoms with Crippen molar-refractivity contribution in [3.63, 3.8) is 0 Å². The minimum atomic E-state index is -3.99. The molecule has 30 heavy (non-hydrogen) atoms. The molecule has 0 saturated carbocycles. The maximum Gasteiger partial charge on any atom is 0.339 e. The summed E-state index contributed by atoms with van der Waals surface area (Å²) in [6, 6.07) is 16.2. The number of methoxy groups -OCH3 is 1. The number of rotatable bonds is 7. The van der Waals surface area contributed by atoms with E-state index in [0.29, 0.717) is 21.3 Å². The monoisotopic (exact) mass is 464 g/mol. The van der Waals surface area contributed by atoms with E-state index >= 15 is 0 Å². The van der Waals surface area contributed by atoms with Crippen LogP contribution in [0.2, 0.25) is 10.0 Å². The fourth-order valence-corrected chi connectivity index (χ4v) is 3.69. The predicted octanol–water partition coefficient (Wildman–Crippen LogP) is 5.52. The van der Waals surface area contributed by atoms with Gasteiger partial charge in [0.25, 0.3) is 0 Å². The SMILES string of the molecule is COc1cc(C=NNc2ccc(Cl)c(Cl)c2)ccc1OS(=O)(=O)c1ccc(C)cc1. The summed E-state index contributed by atoms with van der Waals surface area (Å²) < 4.78 is 35.6. The van der Waals surface area contributed by atoms with Crippen LogP contribution in [-0.4, -0.2) is 21.7 Å². The highest BCUT2D eigenvalue weighted by Gasteiger charge is 2.19. The van der Waals surface area contributed by atoms with Gasteiger partial charge in [0.15, 0.2) is 11.5 Å². The lowest BCUT2D eigenvalue weighted by atomic mass is 10.2. The van der Waals surface area contributed by atoms with Crippen LogP contribution in [0.3, 0.4) is 0 Å². The van der Waals surface area contributed by atoms with Gasteiger partial charge in [-0.1, -0.05) is 40.9 Å². The zero-order valence-electron chi connectivity index (χ0n) is 16.1. The Morgan fingerprint density at radius 1 is 0.933 bits per heavy atom. The molecule has 0 amide bonds. The van der Waals surface area contributed by atoms with Gasteiger partial charge in [-0.15, -0.1) is 0 Å². The molecule has 0 radical (unpaired) electrons. The van der Waals surface area contributed by atoms with Crippen LogP contribution in [0.25, 0.3) is 0 Å². The van der Waals surface area contributed by atoms with Crippen LogP contribution in [0.5, 0.6) is 11.5 Å². The van der Waals surface area contributed by atoms with Crippen molar-refractivity contribution in [3.8, 4) is 11.5 Å². The Labute approximate surface area is 185 Å². The van der Waals surface area contributed by atoms with Gasteiger partial charge >= 0.3 is 10.1 Å². The van der Waals surface area contributed by atoms with E-state index < -0.39 is 10.1 Å². The average molecular weight is 465 g/mol. The molecule has 0 atom stereocenters. The second-order valence-electron chi connectivity index (χ2n) is 6.26. The quantitative estimate of drug-likeness (QED) is 0.282. The smallest absolute Gasteiger partial charge is 0.339 e. The normalized spacial score (nSPS) is 11.5. The number of nitrogens with one attached hydrogen (secondary N) is 1. The molecule has 0 fully saturated rings. The number of halogens is 2. The van der Waals surface area contributed by atoms with Crippen molar-refractivity contribution in [2.24, 2.45) is 5.10 Å². The average Bonchev–Trinajstić information content (AvgIpc) is 2.71. The highest BCUT2D eigenvalue weighted by Crippen LogP contribution is 2.30. The van der Waals surface area contributed by atoms with E-state index in [4.69, 9.17) is 32.1 Å². The zero-order chi connectivity index (χ0) is 21.7. The molecular weight excluding hydrogens is 447 g/mol. The second-order valence-corrected chi connectivity index (χ2v) is 8.62. The van der Waals surface area contributed by atoms with E-state index in [1.165, 1.54) is 25.3 Å². The van der Waals surface area contributed by atoms with Crippen LogP contribution in [-0.2, 0) is 10.1 Å². The Hall–Kier alpha value is -2.74. The Morgan fingerprint density at radius 2 is 1.67 bits per heavy atom. The lowest BCUT2D eigenvalue weighted by Crippen LogP contribution is -2.10. The molecule has 156 valence electrons. The van der Waals surface area contributed by atoms with Crippen LogP contribution < -0.4 is 14.3 Å². The summed E-state index contributed by atoms with van der Waals surface area (Å²) >= 11 is 11.9. The summed E-state index contributed by atoms with van der Waals surface area (Å²) in [5, 5.41) is 4.99. The summed E-state index contributed by atoms with van der Waals surface area (Å²) in [5.74, 6) is 0.330. The Morgan fingerprint density at radius 3 is 2.33 bits per heavy atom. The number of hydrogen-bond acceptors (Lipinski definition) is 6. The van der Waals surface area contributed by atoms with Crippen molar-refractivity contribution in [3.05, 3.63) is 81.8 Å². The Kier molecular flexibility index (Phi) is 6.87. The standard InChI is InChI=1S/C21H18Cl2N2O4S/c1-14-3-7-17(8-4-14)30(26,27)29-20-10-5-15(11-21(20)28-2)13-24-25-16-6-9-18(22)19(23)12-16/h3-13,25H,1-2H3. The lowest BCUT2D eigenvalue weighted by Gasteiger charge is -2.11. The van der Waals surface area contributed by atoms with Crippen molar-refractivity contribution >= 4 is 45.2 Å². The number of anilines is 1. The van der Waals surface area contributed by atoms with Crippen LogP contribution in [0.15, 0.2) is 70.7 Å². The van der Waals surface area contributed by atoms with Gasteiger partial charge in [0, 0.05) is 0 Å². The Bertz CT molecular complexity index is 1180. The summed E-state index contributed by atoms with van der Waals surface area (Å²) in [6.07, 6.45) is 1.54. The van der Waals surface area contributed by atoms with E-state index in [1.54, 1.807) is 48.7 Å². The van der Waals surface area contributed by atoms with Gasteiger partial charge in [0.2, 0.25) is 0 Å². The van der Waals surface area contributed by atoms with Crippen LogP contribution in [0.4, 0.5) is 5.69 Å². The van der Waals surface area contributed by atoms with E-state index in [9.17, 15) is 8.42 Å². The first-order valence-corrected chi connectivity index (χ1v) is 10.9. The molecule has 0 bridgehead atoms. The number of aryl methyl sites for hydroxylation is 1. The minimum absolute atomic E-state index is 0.0617. The highest BCUT2D eigenvalue weighted by molar-refractivity contribution is 7.87. The molecule has 0 saturated heterocycles. The molecule has 0 aliphatic heterocycles. The highest BCUT2D eigenvalue weighted by atomic mass is 35.5. The third-order valence-electron chi connectivity index (χ3n) is 4.02. The Balaban J connectivity index is 1.75. The minimum Gasteiger partial charge on any atom is -0.493 e. The molecule has 0 unspecified atom stereocenters. The molecule has 3 aromatic carbocycles. The molecule has 9 heteroatoms. The number of nitrogens with zero attached hydrogens (tertiary/aromatic N) is 1. The van der Waals surface area contributed by atoms with Gasteiger partial charge in [-0.25, -0.2) is 0 Å². The number of hydrogen-bond donors (Lipinski definition) is 1. The van der Waals surface area contributed by atoms with E-state index in [0.717, 1.165) is 5.56 Å². The maximum absolute atomic E-state index is 12.5. The summed E-state index contributed by atoms with van der Waals surface area (Å²) in [4.78, 5) is 0.0617. The molecule has 0 spiro atoms. The number of hydrazone groups is 1. The largest absolute Gasteiger partial charge is 0.493 e. The molecular formula is C21H18Cl2N2O4S. The summed E-state index contributed by atoms with van der Waals surface area (Å²) in [7, 11) is -2.56. The van der Waals surface area contributed by atoms with Crippen molar-refractivity contribution in [2.45, 2.75) is 11.8 Å². The molecule has 0 aliphatic carbocycles. The van der Waals surface area contributed by atoms with Crippen molar-refractivity contribution in [1.82, 2.24) is 0 Å². The summed E-state index contributed by atoms with van der Waals surface area (Å²) in [5.41, 5.74) is 5.11. The van der Waals surface area contributed by atoms with Gasteiger partial charge in [-0.05, 0) is 61.0 Å². The van der Waals surface area contributed by atoms with E-state index in [2.05, 4.69) is 10.5 Å². The van der Waals surface area contributed by atoms with Crippen LogP contribution >= 0.6 is 23.2 Å². The fourth-order valence-electron chi connectivity index (χ4n) is 2.45. The van der Waals surface area contributed by atoms with Crippen LogP contribution in [0.1, 0.15) is 11.1 Å². The third-order valence-corrected chi connectivity index (χ3v) is 6.01. The zero-order valence-corrected chi connectivity index (χ0v) is 18.4. The first-order chi connectivity index (χ1) is 14.3. The summed E-state index contributed by atoms with van der Waals surface area (Å²) in [6.45, 7) is 1.87. The van der Waals surface area contributed by atoms with Crippen LogP contribution in [0, 0.1) is 6.92 Å². The van der Waals surface area contributed by atoms with E-state index in [1.807, 2.05) is 6.92 Å². The van der Waals surface area contributed by atoms with E-state index in [-0.39, 0.29) is 16.4 Å². The topological polar surface area (TPSA) is 77.0 Å². The van der Waals surface area contributed by atoms with Gasteiger partial charge in [-0.2, -0.15) is 13.5 Å². The van der Waals surface area contributed by atoms with Gasteiger partial charge in [0.1, 0.15) is 4.90 Å². The molecule has 3 aromatic rings.